The number of anilines is 2. The normalized spacial score (nSPS) is 11.1. The Morgan fingerprint density at radius 2 is 1.66 bits per heavy atom. The maximum absolute atomic E-state index is 14.3. The van der Waals surface area contributed by atoms with Gasteiger partial charge in [-0.15, -0.1) is 0 Å². The smallest absolute Gasteiger partial charge is 0.412 e. The number of ether oxygens (including phenoxy) is 1. The van der Waals surface area contributed by atoms with Crippen molar-refractivity contribution in [2.45, 2.75) is 33.4 Å². The van der Waals surface area contributed by atoms with Crippen molar-refractivity contribution in [3.05, 3.63) is 77.6 Å². The maximum atomic E-state index is 14.3. The molecule has 4 aromatic rings. The Morgan fingerprint density at radius 1 is 0.895 bits per heavy atom. The van der Waals surface area contributed by atoms with Gasteiger partial charge >= 0.3 is 6.09 Å². The zero-order valence-electron chi connectivity index (χ0n) is 21.5. The van der Waals surface area contributed by atoms with E-state index in [-0.39, 0.29) is 17.4 Å². The third-order valence-electron chi connectivity index (χ3n) is 5.59. The van der Waals surface area contributed by atoms with Crippen LogP contribution in [0.4, 0.5) is 20.7 Å². The zero-order chi connectivity index (χ0) is 27.4. The van der Waals surface area contributed by atoms with E-state index in [2.05, 4.69) is 40.3 Å². The summed E-state index contributed by atoms with van der Waals surface area (Å²) in [4.78, 5) is 45.9. The largest absolute Gasteiger partial charge is 0.453 e. The van der Waals surface area contributed by atoms with E-state index in [1.807, 2.05) is 19.1 Å². The van der Waals surface area contributed by atoms with E-state index in [0.29, 0.717) is 34.2 Å². The Balaban J connectivity index is 1.64. The number of rotatable bonds is 6. The molecule has 0 bridgehead atoms. The van der Waals surface area contributed by atoms with Crippen molar-refractivity contribution >= 4 is 23.5 Å². The number of alkyl halides is 1. The standard InChI is InChI=1S/C27H26FN7O3/c1-15-6-7-18(34-25(36)17-8-9-29-23(10-17)27(3,4)28)11-19(15)20-12-22(33-16(2)32-20)21-13-24(31-14-30-21)35-26(37)38-5/h6-14H,1-5H3,(H,34,36)(H,30,31,35,37). The zero-order valence-corrected chi connectivity index (χ0v) is 21.5. The fraction of sp³-hybridized carbons (Fsp3) is 0.222. The summed E-state index contributed by atoms with van der Waals surface area (Å²) in [6, 6.07) is 11.8. The Hall–Kier alpha value is -4.80. The molecule has 11 heteroatoms. The molecule has 38 heavy (non-hydrogen) atoms. The number of aryl methyl sites for hydroxylation is 2. The molecular formula is C27H26FN7O3. The van der Waals surface area contributed by atoms with E-state index in [1.54, 1.807) is 25.1 Å². The van der Waals surface area contributed by atoms with Gasteiger partial charge in [0.25, 0.3) is 5.91 Å². The fourth-order valence-electron chi connectivity index (χ4n) is 3.63. The van der Waals surface area contributed by atoms with Crippen molar-refractivity contribution in [1.82, 2.24) is 24.9 Å². The molecule has 0 unspecified atom stereocenters. The number of hydrogen-bond acceptors (Lipinski definition) is 8. The highest BCUT2D eigenvalue weighted by Crippen LogP contribution is 2.29. The molecule has 10 nitrogen and oxygen atoms in total. The Bertz CT molecular complexity index is 1520. The van der Waals surface area contributed by atoms with Gasteiger partial charge in [-0.2, -0.15) is 0 Å². The van der Waals surface area contributed by atoms with Crippen LogP contribution in [-0.2, 0) is 10.4 Å². The minimum absolute atomic E-state index is 0.174. The Morgan fingerprint density at radius 3 is 2.39 bits per heavy atom. The molecule has 194 valence electrons. The number of hydrogen-bond donors (Lipinski definition) is 2. The number of benzene rings is 1. The van der Waals surface area contributed by atoms with Crippen LogP contribution in [0.5, 0.6) is 0 Å². The highest BCUT2D eigenvalue weighted by Gasteiger charge is 2.22. The number of halogens is 1. The molecule has 0 fully saturated rings. The summed E-state index contributed by atoms with van der Waals surface area (Å²) in [6.45, 7) is 6.47. The van der Waals surface area contributed by atoms with Gasteiger partial charge in [-0.05, 0) is 63.6 Å². The number of methoxy groups -OCH3 is 1. The molecular weight excluding hydrogens is 489 g/mol. The van der Waals surface area contributed by atoms with Crippen LogP contribution in [0.3, 0.4) is 0 Å². The van der Waals surface area contributed by atoms with E-state index in [4.69, 9.17) is 0 Å². The lowest BCUT2D eigenvalue weighted by Gasteiger charge is -2.15. The van der Waals surface area contributed by atoms with Crippen LogP contribution in [0.15, 0.2) is 55.0 Å². The molecule has 4 rings (SSSR count). The lowest BCUT2D eigenvalue weighted by atomic mass is 10.0. The van der Waals surface area contributed by atoms with Crippen molar-refractivity contribution in [2.75, 3.05) is 17.7 Å². The van der Waals surface area contributed by atoms with Crippen molar-refractivity contribution in [3.8, 4) is 22.6 Å². The SMILES string of the molecule is COC(=O)Nc1cc(-c2cc(-c3cc(NC(=O)c4ccnc(C(C)(C)F)c4)ccc3C)nc(C)n2)ncn1. The predicted octanol–water partition coefficient (Wildman–Crippen LogP) is 5.25. The summed E-state index contributed by atoms with van der Waals surface area (Å²) < 4.78 is 18.9. The first-order chi connectivity index (χ1) is 18.0. The van der Waals surface area contributed by atoms with Gasteiger partial charge in [0.05, 0.1) is 29.9 Å². The molecule has 2 N–H and O–H groups in total. The topological polar surface area (TPSA) is 132 Å². The first kappa shape index (κ1) is 26.3. The first-order valence-corrected chi connectivity index (χ1v) is 11.6. The summed E-state index contributed by atoms with van der Waals surface area (Å²) >= 11 is 0. The fourth-order valence-corrected chi connectivity index (χ4v) is 3.63. The summed E-state index contributed by atoms with van der Waals surface area (Å²) in [7, 11) is 1.26. The van der Waals surface area contributed by atoms with E-state index in [0.717, 1.165) is 11.1 Å². The van der Waals surface area contributed by atoms with E-state index in [1.165, 1.54) is 45.6 Å². The number of amides is 2. The van der Waals surface area contributed by atoms with Gasteiger partial charge in [0.15, 0.2) is 0 Å². The van der Waals surface area contributed by atoms with Gasteiger partial charge in [0, 0.05) is 29.1 Å². The van der Waals surface area contributed by atoms with Crippen LogP contribution in [0, 0.1) is 13.8 Å². The Kier molecular flexibility index (Phi) is 7.38. The number of nitrogens with zero attached hydrogens (tertiary/aromatic N) is 5. The molecule has 0 saturated heterocycles. The van der Waals surface area contributed by atoms with Crippen molar-refractivity contribution in [1.29, 1.82) is 0 Å². The summed E-state index contributed by atoms with van der Waals surface area (Å²) in [6.07, 6.45) is 2.07. The first-order valence-electron chi connectivity index (χ1n) is 11.6. The average Bonchev–Trinajstić information content (AvgIpc) is 2.89. The molecule has 0 aliphatic heterocycles. The van der Waals surface area contributed by atoms with Crippen LogP contribution >= 0.6 is 0 Å². The minimum Gasteiger partial charge on any atom is -0.453 e. The number of pyridine rings is 1. The third kappa shape index (κ3) is 6.12. The molecule has 0 radical (unpaired) electrons. The number of carbonyl (C=O) groups is 2. The second-order valence-electron chi connectivity index (χ2n) is 8.98. The van der Waals surface area contributed by atoms with Crippen molar-refractivity contribution < 1.29 is 18.7 Å². The van der Waals surface area contributed by atoms with Crippen LogP contribution < -0.4 is 10.6 Å². The number of nitrogens with one attached hydrogen (secondary N) is 2. The van der Waals surface area contributed by atoms with Crippen LogP contribution in [0.1, 0.15) is 41.3 Å². The molecule has 0 aliphatic rings. The van der Waals surface area contributed by atoms with Gasteiger partial charge in [-0.1, -0.05) is 6.07 Å². The van der Waals surface area contributed by atoms with E-state index in [9.17, 15) is 14.0 Å². The molecule has 0 aliphatic carbocycles. The van der Waals surface area contributed by atoms with Crippen LogP contribution in [0.25, 0.3) is 22.6 Å². The van der Waals surface area contributed by atoms with Crippen LogP contribution in [-0.4, -0.2) is 44.0 Å². The second kappa shape index (κ2) is 10.7. The lowest BCUT2D eigenvalue weighted by Crippen LogP contribution is -2.16. The highest BCUT2D eigenvalue weighted by molar-refractivity contribution is 6.04. The maximum Gasteiger partial charge on any atom is 0.412 e. The van der Waals surface area contributed by atoms with Gasteiger partial charge < -0.3 is 10.1 Å². The summed E-state index contributed by atoms with van der Waals surface area (Å²) in [5.41, 5.74) is 2.65. The highest BCUT2D eigenvalue weighted by atomic mass is 19.1. The molecule has 1 aromatic carbocycles. The summed E-state index contributed by atoms with van der Waals surface area (Å²) in [5, 5.41) is 5.36. The van der Waals surface area contributed by atoms with Crippen molar-refractivity contribution in [3.63, 3.8) is 0 Å². The average molecular weight is 516 g/mol. The second-order valence-corrected chi connectivity index (χ2v) is 8.98. The molecule has 2 amide bonds. The van der Waals surface area contributed by atoms with E-state index < -0.39 is 11.8 Å². The molecule has 3 heterocycles. The quantitative estimate of drug-likeness (QED) is 0.356. The minimum atomic E-state index is -1.67. The van der Waals surface area contributed by atoms with Gasteiger partial charge in [-0.25, -0.2) is 29.1 Å². The molecule has 0 saturated carbocycles. The number of carbonyl (C=O) groups excluding carboxylic acids is 2. The number of aromatic nitrogens is 5. The van der Waals surface area contributed by atoms with Gasteiger partial charge in [0.2, 0.25) is 0 Å². The molecule has 0 atom stereocenters. The molecule has 0 spiro atoms. The van der Waals surface area contributed by atoms with Crippen LogP contribution in [0.2, 0.25) is 0 Å². The van der Waals surface area contributed by atoms with Gasteiger partial charge in [-0.3, -0.25) is 15.1 Å². The predicted molar refractivity (Wildman–Crippen MR) is 140 cm³/mol. The van der Waals surface area contributed by atoms with E-state index >= 15 is 0 Å². The Labute approximate surface area is 218 Å². The third-order valence-corrected chi connectivity index (χ3v) is 5.59. The monoisotopic (exact) mass is 515 g/mol. The summed E-state index contributed by atoms with van der Waals surface area (Å²) in [5.74, 6) is 0.375. The molecule has 3 aromatic heterocycles. The lowest BCUT2D eigenvalue weighted by molar-refractivity contribution is 0.102. The van der Waals surface area contributed by atoms with Gasteiger partial charge in [0.1, 0.15) is 23.6 Å². The van der Waals surface area contributed by atoms with Crippen molar-refractivity contribution in [2.24, 2.45) is 0 Å².